The van der Waals surface area contributed by atoms with Crippen LogP contribution in [0, 0.1) is 5.92 Å². The standard InChI is InChI=1S/C16H17NOS/c18-16(10-12-5-8-19-9-6-12)14-3-4-15-13(11-14)2-1-7-17-15/h1-4,7,11-12H,5-6,8-10H2. The van der Waals surface area contributed by atoms with E-state index in [1.54, 1.807) is 6.20 Å². The number of hydrogen-bond acceptors (Lipinski definition) is 3. The molecule has 0 spiro atoms. The van der Waals surface area contributed by atoms with Gasteiger partial charge in [-0.3, -0.25) is 9.78 Å². The van der Waals surface area contributed by atoms with Crippen LogP contribution in [0.3, 0.4) is 0 Å². The van der Waals surface area contributed by atoms with Crippen LogP contribution in [0.1, 0.15) is 29.6 Å². The lowest BCUT2D eigenvalue weighted by Crippen LogP contribution is -2.14. The lowest BCUT2D eigenvalue weighted by Gasteiger charge is -2.20. The van der Waals surface area contributed by atoms with Crippen molar-refractivity contribution >= 4 is 28.4 Å². The summed E-state index contributed by atoms with van der Waals surface area (Å²) >= 11 is 2.00. The summed E-state index contributed by atoms with van der Waals surface area (Å²) in [5.41, 5.74) is 1.78. The quantitative estimate of drug-likeness (QED) is 0.792. The van der Waals surface area contributed by atoms with Gasteiger partial charge in [0.25, 0.3) is 0 Å². The van der Waals surface area contributed by atoms with Crippen molar-refractivity contribution in [3.8, 4) is 0 Å². The number of carbonyl (C=O) groups is 1. The molecule has 0 radical (unpaired) electrons. The second-order valence-corrected chi connectivity index (χ2v) is 6.32. The van der Waals surface area contributed by atoms with Crippen LogP contribution in [0.25, 0.3) is 10.9 Å². The van der Waals surface area contributed by atoms with E-state index in [1.807, 2.05) is 42.1 Å². The summed E-state index contributed by atoms with van der Waals surface area (Å²) in [5.74, 6) is 3.28. The van der Waals surface area contributed by atoms with Crippen molar-refractivity contribution in [3.63, 3.8) is 0 Å². The number of pyridine rings is 1. The van der Waals surface area contributed by atoms with Crippen molar-refractivity contribution in [1.82, 2.24) is 4.98 Å². The van der Waals surface area contributed by atoms with Crippen LogP contribution < -0.4 is 0 Å². The van der Waals surface area contributed by atoms with Crippen molar-refractivity contribution in [2.45, 2.75) is 19.3 Å². The predicted molar refractivity (Wildman–Crippen MR) is 80.7 cm³/mol. The van der Waals surface area contributed by atoms with Gasteiger partial charge in [-0.05, 0) is 54.5 Å². The van der Waals surface area contributed by atoms with Gasteiger partial charge in [0.1, 0.15) is 0 Å². The monoisotopic (exact) mass is 271 g/mol. The van der Waals surface area contributed by atoms with Gasteiger partial charge in [0.15, 0.2) is 5.78 Å². The molecule has 0 amide bonds. The van der Waals surface area contributed by atoms with E-state index in [0.29, 0.717) is 12.3 Å². The average Bonchev–Trinajstić information content (AvgIpc) is 2.48. The molecule has 1 fully saturated rings. The zero-order valence-corrected chi connectivity index (χ0v) is 11.7. The van der Waals surface area contributed by atoms with Crippen molar-refractivity contribution in [2.75, 3.05) is 11.5 Å². The van der Waals surface area contributed by atoms with E-state index in [0.717, 1.165) is 16.5 Å². The second kappa shape index (κ2) is 5.74. The van der Waals surface area contributed by atoms with E-state index in [-0.39, 0.29) is 5.78 Å². The summed E-state index contributed by atoms with van der Waals surface area (Å²) in [6.07, 6.45) is 4.85. The van der Waals surface area contributed by atoms with Crippen LogP contribution in [-0.2, 0) is 0 Å². The van der Waals surface area contributed by atoms with Crippen molar-refractivity contribution in [3.05, 3.63) is 42.1 Å². The topological polar surface area (TPSA) is 30.0 Å². The van der Waals surface area contributed by atoms with Crippen LogP contribution in [-0.4, -0.2) is 22.3 Å². The van der Waals surface area contributed by atoms with Gasteiger partial charge >= 0.3 is 0 Å². The van der Waals surface area contributed by atoms with Crippen LogP contribution >= 0.6 is 11.8 Å². The van der Waals surface area contributed by atoms with Gasteiger partial charge in [-0.2, -0.15) is 11.8 Å². The summed E-state index contributed by atoms with van der Waals surface area (Å²) in [7, 11) is 0. The number of aromatic nitrogens is 1. The van der Waals surface area contributed by atoms with E-state index in [1.165, 1.54) is 24.3 Å². The maximum absolute atomic E-state index is 12.3. The number of ketones is 1. The van der Waals surface area contributed by atoms with E-state index < -0.39 is 0 Å². The molecule has 2 heterocycles. The third-order valence-electron chi connectivity index (χ3n) is 3.74. The normalized spacial score (nSPS) is 16.6. The zero-order chi connectivity index (χ0) is 13.1. The maximum atomic E-state index is 12.3. The first kappa shape index (κ1) is 12.7. The number of hydrogen-bond donors (Lipinski definition) is 0. The zero-order valence-electron chi connectivity index (χ0n) is 10.8. The van der Waals surface area contributed by atoms with E-state index in [2.05, 4.69) is 4.98 Å². The highest BCUT2D eigenvalue weighted by Crippen LogP contribution is 2.27. The van der Waals surface area contributed by atoms with Crippen LogP contribution in [0.15, 0.2) is 36.5 Å². The lowest BCUT2D eigenvalue weighted by atomic mass is 9.93. The molecular formula is C16H17NOS. The number of carbonyl (C=O) groups excluding carboxylic acids is 1. The highest BCUT2D eigenvalue weighted by Gasteiger charge is 2.18. The SMILES string of the molecule is O=C(CC1CCSCC1)c1ccc2ncccc2c1. The molecule has 98 valence electrons. The van der Waals surface area contributed by atoms with Gasteiger partial charge in [-0.1, -0.05) is 6.07 Å². The van der Waals surface area contributed by atoms with Gasteiger partial charge < -0.3 is 0 Å². The van der Waals surface area contributed by atoms with E-state index >= 15 is 0 Å². The fraction of sp³-hybridized carbons (Fsp3) is 0.375. The lowest BCUT2D eigenvalue weighted by molar-refractivity contribution is 0.0959. The molecule has 1 saturated heterocycles. The molecule has 0 bridgehead atoms. The summed E-state index contributed by atoms with van der Waals surface area (Å²) in [5, 5.41) is 1.05. The molecule has 3 heteroatoms. The van der Waals surface area contributed by atoms with Crippen molar-refractivity contribution < 1.29 is 4.79 Å². The molecule has 0 unspecified atom stereocenters. The minimum Gasteiger partial charge on any atom is -0.294 e. The van der Waals surface area contributed by atoms with Gasteiger partial charge in [0.2, 0.25) is 0 Å². The number of benzene rings is 1. The third-order valence-corrected chi connectivity index (χ3v) is 4.79. The molecular weight excluding hydrogens is 254 g/mol. The molecule has 1 aliphatic heterocycles. The second-order valence-electron chi connectivity index (χ2n) is 5.09. The molecule has 2 nitrogen and oxygen atoms in total. The summed E-state index contributed by atoms with van der Waals surface area (Å²) < 4.78 is 0. The minimum absolute atomic E-state index is 0.280. The Morgan fingerprint density at radius 2 is 2.11 bits per heavy atom. The van der Waals surface area contributed by atoms with Gasteiger partial charge in [-0.15, -0.1) is 0 Å². The Bertz CT molecular complexity index is 590. The first-order valence-electron chi connectivity index (χ1n) is 6.78. The fourth-order valence-electron chi connectivity index (χ4n) is 2.58. The first-order chi connectivity index (χ1) is 9.33. The number of thioether (sulfide) groups is 1. The molecule has 2 aromatic rings. The largest absolute Gasteiger partial charge is 0.294 e. The van der Waals surface area contributed by atoms with Crippen LogP contribution in [0.5, 0.6) is 0 Å². The number of fused-ring (bicyclic) bond motifs is 1. The summed E-state index contributed by atoms with van der Waals surface area (Å²) in [6, 6.07) is 9.75. The first-order valence-corrected chi connectivity index (χ1v) is 7.94. The number of nitrogens with zero attached hydrogens (tertiary/aromatic N) is 1. The maximum Gasteiger partial charge on any atom is 0.163 e. The van der Waals surface area contributed by atoms with E-state index in [4.69, 9.17) is 0 Å². The Morgan fingerprint density at radius 1 is 1.26 bits per heavy atom. The highest BCUT2D eigenvalue weighted by atomic mass is 32.2. The Morgan fingerprint density at radius 3 is 2.95 bits per heavy atom. The highest BCUT2D eigenvalue weighted by molar-refractivity contribution is 7.99. The summed E-state index contributed by atoms with van der Waals surface area (Å²) in [6.45, 7) is 0. The summed E-state index contributed by atoms with van der Waals surface area (Å²) in [4.78, 5) is 16.6. The van der Waals surface area contributed by atoms with Crippen molar-refractivity contribution in [1.29, 1.82) is 0 Å². The number of rotatable bonds is 3. The molecule has 1 aliphatic rings. The van der Waals surface area contributed by atoms with E-state index in [9.17, 15) is 4.79 Å². The smallest absolute Gasteiger partial charge is 0.163 e. The molecule has 1 aromatic carbocycles. The average molecular weight is 271 g/mol. The van der Waals surface area contributed by atoms with Gasteiger partial charge in [0.05, 0.1) is 5.52 Å². The Balaban J connectivity index is 1.77. The predicted octanol–water partition coefficient (Wildman–Crippen LogP) is 3.95. The third kappa shape index (κ3) is 2.98. The molecule has 0 aliphatic carbocycles. The Hall–Kier alpha value is -1.35. The molecule has 19 heavy (non-hydrogen) atoms. The van der Waals surface area contributed by atoms with Crippen molar-refractivity contribution in [2.24, 2.45) is 5.92 Å². The molecule has 0 atom stereocenters. The molecule has 0 N–H and O–H groups in total. The number of Topliss-reactive ketones (excluding diaryl/α,β-unsaturated/α-hetero) is 1. The molecule has 1 aromatic heterocycles. The van der Waals surface area contributed by atoms with Gasteiger partial charge in [-0.25, -0.2) is 0 Å². The minimum atomic E-state index is 0.280. The Kier molecular flexibility index (Phi) is 3.83. The molecule has 3 rings (SSSR count). The van der Waals surface area contributed by atoms with Gasteiger partial charge in [0, 0.05) is 23.6 Å². The van der Waals surface area contributed by atoms with Crippen LogP contribution in [0.4, 0.5) is 0 Å². The molecule has 0 saturated carbocycles. The van der Waals surface area contributed by atoms with Crippen LogP contribution in [0.2, 0.25) is 0 Å². The fourth-order valence-corrected chi connectivity index (χ4v) is 3.78. The Labute approximate surface area is 117 Å².